The van der Waals surface area contributed by atoms with Crippen LogP contribution in [-0.4, -0.2) is 86.8 Å². The molecule has 54 heavy (non-hydrogen) atoms. The summed E-state index contributed by atoms with van der Waals surface area (Å²) >= 11 is 0. The van der Waals surface area contributed by atoms with Gasteiger partial charge < -0.3 is 28.8 Å². The zero-order valence-electron chi connectivity index (χ0n) is 29.5. The third-order valence-corrected chi connectivity index (χ3v) is 10.4. The monoisotopic (exact) mass is 742 g/mol. The van der Waals surface area contributed by atoms with E-state index in [1.807, 2.05) is 23.1 Å². The van der Waals surface area contributed by atoms with Crippen molar-refractivity contribution < 1.29 is 42.1 Å². The molecule has 0 saturated carbocycles. The summed E-state index contributed by atoms with van der Waals surface area (Å²) in [6, 6.07) is 18.6. The van der Waals surface area contributed by atoms with E-state index in [2.05, 4.69) is 16.1 Å². The summed E-state index contributed by atoms with van der Waals surface area (Å²) in [6.07, 6.45) is -2.45. The topological polar surface area (TPSA) is 115 Å². The average molecular weight is 743 g/mol. The summed E-state index contributed by atoms with van der Waals surface area (Å²) in [5.74, 6) is -0.0829. The minimum atomic E-state index is -4.81. The first kappa shape index (κ1) is 35.2. The first-order valence-corrected chi connectivity index (χ1v) is 17.5. The number of halogens is 3. The number of aromatic nitrogens is 3. The molecule has 0 unspecified atom stereocenters. The predicted molar refractivity (Wildman–Crippen MR) is 191 cm³/mol. The number of phenols is 1. The second kappa shape index (κ2) is 13.9. The quantitative estimate of drug-likeness (QED) is 0.217. The van der Waals surface area contributed by atoms with Crippen molar-refractivity contribution in [2.75, 3.05) is 44.5 Å². The second-order valence-electron chi connectivity index (χ2n) is 13.6. The zero-order valence-corrected chi connectivity index (χ0v) is 29.5. The van der Waals surface area contributed by atoms with Gasteiger partial charge in [-0.05, 0) is 66.9 Å². The Morgan fingerprint density at radius 2 is 1.65 bits per heavy atom. The van der Waals surface area contributed by atoms with Crippen LogP contribution in [0.4, 0.5) is 24.5 Å². The number of carbonyl (C=O) groups is 2. The van der Waals surface area contributed by atoms with Gasteiger partial charge in [-0.2, -0.15) is 9.78 Å². The molecule has 1 saturated heterocycles. The lowest BCUT2D eigenvalue weighted by atomic mass is 9.92. The van der Waals surface area contributed by atoms with Crippen LogP contribution < -0.4 is 14.4 Å². The van der Waals surface area contributed by atoms with Crippen LogP contribution in [0.5, 0.6) is 17.2 Å². The van der Waals surface area contributed by atoms with E-state index < -0.39 is 12.2 Å². The van der Waals surface area contributed by atoms with Crippen molar-refractivity contribution in [3.63, 3.8) is 0 Å². The number of morpholine rings is 1. The molecule has 15 heteroatoms. The van der Waals surface area contributed by atoms with Crippen molar-refractivity contribution >= 4 is 23.2 Å². The van der Waals surface area contributed by atoms with Crippen molar-refractivity contribution in [2.45, 2.75) is 32.2 Å². The summed E-state index contributed by atoms with van der Waals surface area (Å²) in [7, 11) is 1.76. The Kier molecular flexibility index (Phi) is 9.06. The number of nitrogens with zero attached hydrogens (tertiary/aromatic N) is 6. The molecular formula is C39H37F3N6O6. The molecule has 5 aromatic rings. The molecule has 280 valence electrons. The van der Waals surface area contributed by atoms with Gasteiger partial charge in [-0.3, -0.25) is 19.4 Å². The summed E-state index contributed by atoms with van der Waals surface area (Å²) in [5, 5.41) is 13.4. The van der Waals surface area contributed by atoms with Crippen molar-refractivity contribution in [1.82, 2.24) is 24.1 Å². The van der Waals surface area contributed by atoms with E-state index in [4.69, 9.17) is 14.2 Å². The number of anilines is 2. The zero-order chi connectivity index (χ0) is 37.7. The Hall–Kier alpha value is -5.80. The van der Waals surface area contributed by atoms with Crippen LogP contribution in [0.2, 0.25) is 0 Å². The molecule has 3 aliphatic heterocycles. The lowest BCUT2D eigenvalue weighted by Gasteiger charge is -2.40. The largest absolute Gasteiger partial charge is 0.508 e. The summed E-state index contributed by atoms with van der Waals surface area (Å²) in [4.78, 5) is 34.8. The maximum absolute atomic E-state index is 15.0. The summed E-state index contributed by atoms with van der Waals surface area (Å²) in [5.41, 5.74) is 4.37. The molecule has 3 aromatic carbocycles. The number of hydrogen-bond acceptors (Lipinski definition) is 8. The van der Waals surface area contributed by atoms with E-state index in [1.165, 1.54) is 29.8 Å². The van der Waals surface area contributed by atoms with Crippen molar-refractivity contribution in [3.8, 4) is 28.5 Å². The van der Waals surface area contributed by atoms with Crippen LogP contribution in [0.25, 0.3) is 11.3 Å². The van der Waals surface area contributed by atoms with E-state index >= 15 is 0 Å². The van der Waals surface area contributed by atoms with Crippen LogP contribution in [0, 0.1) is 6.92 Å². The van der Waals surface area contributed by atoms with Gasteiger partial charge in [0.2, 0.25) is 6.79 Å². The molecule has 1 N–H and O–H groups in total. The number of ether oxygens (including phenoxy) is 3. The van der Waals surface area contributed by atoms with E-state index in [0.717, 1.165) is 35.9 Å². The minimum Gasteiger partial charge on any atom is -0.508 e. The number of benzene rings is 3. The van der Waals surface area contributed by atoms with Gasteiger partial charge in [0.25, 0.3) is 11.8 Å². The predicted octanol–water partition coefficient (Wildman–Crippen LogP) is 5.99. The number of phenolic OH excluding ortho intramolecular Hbond substituents is 1. The van der Waals surface area contributed by atoms with Crippen LogP contribution in [0.15, 0.2) is 79.1 Å². The Bertz CT molecular complexity index is 2230. The molecule has 0 bridgehead atoms. The van der Waals surface area contributed by atoms with E-state index in [9.17, 15) is 27.9 Å². The molecule has 8 rings (SSSR count). The molecule has 0 spiro atoms. The van der Waals surface area contributed by atoms with Crippen molar-refractivity contribution in [3.05, 3.63) is 107 Å². The standard InChI is InChI=1S/C39H37F3N6O6/c1-24-31(38(51)48(27-7-9-30(49)10-8-27)29-19-43-47(22-29)39(40,41)42)16-34(44(24)2)32-17-35-36(54-23-53-35)18-33(32)37(50)46-20-26-6-4-3-5-25(26)15-28(46)21-45-11-13-52-14-12-45/h3-10,16-19,22,28,49H,11-15,20-21,23H2,1-2H3/t28-/m0/s1. The lowest BCUT2D eigenvalue weighted by Crippen LogP contribution is -2.52. The molecule has 0 radical (unpaired) electrons. The Morgan fingerprint density at radius 1 is 0.944 bits per heavy atom. The second-order valence-corrected chi connectivity index (χ2v) is 13.6. The maximum atomic E-state index is 15.0. The molecule has 2 amide bonds. The number of aromatic hydroxyl groups is 1. The van der Waals surface area contributed by atoms with Crippen LogP contribution >= 0.6 is 0 Å². The molecule has 0 aliphatic carbocycles. The first-order chi connectivity index (χ1) is 26.0. The highest BCUT2D eigenvalue weighted by Gasteiger charge is 2.36. The molecule has 5 heterocycles. The molecule has 12 nitrogen and oxygen atoms in total. The Morgan fingerprint density at radius 3 is 2.35 bits per heavy atom. The number of hydrogen-bond donors (Lipinski definition) is 1. The smallest absolute Gasteiger partial charge is 0.504 e. The van der Waals surface area contributed by atoms with Gasteiger partial charge in [-0.25, -0.2) is 0 Å². The lowest BCUT2D eigenvalue weighted by molar-refractivity contribution is -0.212. The highest BCUT2D eigenvalue weighted by Crippen LogP contribution is 2.42. The normalized spacial score (nSPS) is 17.1. The van der Waals surface area contributed by atoms with Gasteiger partial charge in [-0.1, -0.05) is 24.3 Å². The van der Waals surface area contributed by atoms with E-state index in [0.29, 0.717) is 66.7 Å². The van der Waals surface area contributed by atoms with Crippen molar-refractivity contribution in [2.24, 2.45) is 7.05 Å². The van der Waals surface area contributed by atoms with Crippen molar-refractivity contribution in [1.29, 1.82) is 0 Å². The fourth-order valence-electron chi connectivity index (χ4n) is 7.40. The maximum Gasteiger partial charge on any atom is 0.504 e. The summed E-state index contributed by atoms with van der Waals surface area (Å²) < 4.78 is 59.5. The average Bonchev–Trinajstić information content (AvgIpc) is 3.91. The SMILES string of the molecule is Cc1c(C(=O)N(c2ccc(O)cc2)c2cnn(C(F)(F)F)c2)cc(-c2cc3c(cc2C(=O)N2Cc4ccccc4C[C@H]2CN2CCOCC2)OCO3)n1C. The van der Waals surface area contributed by atoms with Crippen LogP contribution in [0.1, 0.15) is 37.5 Å². The Balaban J connectivity index is 1.20. The fourth-order valence-corrected chi connectivity index (χ4v) is 7.40. The van der Waals surface area contributed by atoms with Crippen LogP contribution in [-0.2, 0) is 31.1 Å². The molecular weight excluding hydrogens is 705 g/mol. The van der Waals surface area contributed by atoms with Gasteiger partial charge in [0.1, 0.15) is 5.75 Å². The number of rotatable bonds is 7. The third kappa shape index (κ3) is 6.53. The molecule has 3 aliphatic rings. The summed E-state index contributed by atoms with van der Waals surface area (Å²) in [6.45, 7) is 5.58. The van der Waals surface area contributed by atoms with Gasteiger partial charge in [0.05, 0.1) is 42.4 Å². The number of carbonyl (C=O) groups excluding carboxylic acids is 2. The fraction of sp³-hybridized carbons (Fsp3) is 0.308. The van der Waals surface area contributed by atoms with Gasteiger partial charge in [-0.15, -0.1) is 13.2 Å². The number of alkyl halides is 3. The highest BCUT2D eigenvalue weighted by molar-refractivity contribution is 6.12. The molecule has 2 aromatic heterocycles. The van der Waals surface area contributed by atoms with E-state index in [-0.39, 0.29) is 46.1 Å². The van der Waals surface area contributed by atoms with Crippen LogP contribution in [0.3, 0.4) is 0 Å². The Labute approximate surface area is 308 Å². The highest BCUT2D eigenvalue weighted by atomic mass is 19.4. The molecule has 1 atom stereocenters. The first-order valence-electron chi connectivity index (χ1n) is 17.5. The molecule has 1 fully saturated rings. The van der Waals surface area contributed by atoms with Gasteiger partial charge in [0, 0.05) is 61.9 Å². The third-order valence-electron chi connectivity index (χ3n) is 10.4. The number of fused-ring (bicyclic) bond motifs is 2. The van der Waals surface area contributed by atoms with Gasteiger partial charge in [0.15, 0.2) is 11.5 Å². The van der Waals surface area contributed by atoms with Gasteiger partial charge >= 0.3 is 6.30 Å². The minimum absolute atomic E-state index is 0.0216. The van der Waals surface area contributed by atoms with E-state index in [1.54, 1.807) is 36.7 Å². The number of amides is 2.